The van der Waals surface area contributed by atoms with Crippen molar-refractivity contribution in [2.45, 2.75) is 25.1 Å². The lowest BCUT2D eigenvalue weighted by Crippen LogP contribution is -2.24. The highest BCUT2D eigenvalue weighted by Gasteiger charge is 2.31. The Labute approximate surface area is 116 Å². The second-order valence-corrected chi connectivity index (χ2v) is 5.13. The van der Waals surface area contributed by atoms with Gasteiger partial charge in [-0.25, -0.2) is 14.4 Å². The Kier molecular flexibility index (Phi) is 3.71. The number of aliphatic hydroxyl groups excluding tert-OH is 1. The third-order valence-corrected chi connectivity index (χ3v) is 3.64. The van der Waals surface area contributed by atoms with Crippen LogP contribution in [0.1, 0.15) is 23.6 Å². The van der Waals surface area contributed by atoms with Crippen molar-refractivity contribution in [2.75, 3.05) is 6.54 Å². The highest BCUT2D eigenvalue weighted by Crippen LogP contribution is 2.33. The van der Waals surface area contributed by atoms with Crippen LogP contribution in [0, 0.1) is 5.82 Å². The second kappa shape index (κ2) is 5.64. The van der Waals surface area contributed by atoms with Crippen molar-refractivity contribution in [1.82, 2.24) is 14.9 Å². The van der Waals surface area contributed by atoms with Crippen molar-refractivity contribution in [2.24, 2.45) is 0 Å². The Morgan fingerprint density at radius 2 is 1.90 bits per heavy atom. The lowest BCUT2D eigenvalue weighted by molar-refractivity contribution is 0.172. The zero-order chi connectivity index (χ0) is 13.9. The van der Waals surface area contributed by atoms with E-state index in [-0.39, 0.29) is 18.0 Å². The molecule has 2 atom stereocenters. The highest BCUT2D eigenvalue weighted by molar-refractivity contribution is 5.22. The Bertz CT molecular complexity index is 561. The Balaban J connectivity index is 1.80. The summed E-state index contributed by atoms with van der Waals surface area (Å²) in [6, 6.07) is 6.60. The Morgan fingerprint density at radius 3 is 2.60 bits per heavy atom. The fraction of sp³-hybridized carbons (Fsp3) is 0.333. The van der Waals surface area contributed by atoms with Crippen LogP contribution < -0.4 is 0 Å². The molecule has 4 nitrogen and oxygen atoms in total. The van der Waals surface area contributed by atoms with Crippen LogP contribution >= 0.6 is 0 Å². The predicted octanol–water partition coefficient (Wildman–Crippen LogP) is 1.92. The van der Waals surface area contributed by atoms with Crippen LogP contribution in [0.5, 0.6) is 0 Å². The average molecular weight is 273 g/mol. The van der Waals surface area contributed by atoms with E-state index in [0.29, 0.717) is 19.5 Å². The summed E-state index contributed by atoms with van der Waals surface area (Å²) in [5.74, 6) is -0.240. The minimum atomic E-state index is -0.352. The third kappa shape index (κ3) is 2.84. The van der Waals surface area contributed by atoms with Gasteiger partial charge in [0, 0.05) is 37.1 Å². The van der Waals surface area contributed by atoms with E-state index >= 15 is 0 Å². The smallest absolute Gasteiger partial charge is 0.123 e. The van der Waals surface area contributed by atoms with Gasteiger partial charge in [-0.3, -0.25) is 4.90 Å². The lowest BCUT2D eigenvalue weighted by Gasteiger charge is -2.24. The van der Waals surface area contributed by atoms with E-state index in [1.165, 1.54) is 18.5 Å². The maximum absolute atomic E-state index is 13.0. The van der Waals surface area contributed by atoms with Gasteiger partial charge in [0.1, 0.15) is 12.1 Å². The van der Waals surface area contributed by atoms with E-state index in [9.17, 15) is 9.50 Å². The monoisotopic (exact) mass is 273 g/mol. The summed E-state index contributed by atoms with van der Waals surface area (Å²) in [7, 11) is 0. The first kappa shape index (κ1) is 13.1. The minimum Gasteiger partial charge on any atom is -0.392 e. The summed E-state index contributed by atoms with van der Waals surface area (Å²) in [5, 5.41) is 9.92. The van der Waals surface area contributed by atoms with Crippen LogP contribution in [0.25, 0.3) is 0 Å². The van der Waals surface area contributed by atoms with Gasteiger partial charge >= 0.3 is 0 Å². The van der Waals surface area contributed by atoms with Crippen molar-refractivity contribution in [3.05, 3.63) is 59.9 Å². The van der Waals surface area contributed by atoms with Gasteiger partial charge in [-0.1, -0.05) is 12.1 Å². The number of β-amino-alcohol motifs (C(OH)–C–C–N with tert-alkyl or cyclic N) is 1. The molecule has 0 radical (unpaired) electrons. The standard InChI is InChI=1S/C15H16FN3O/c16-13-3-1-12(2-4-13)15-5-14(20)9-19(15)8-11-6-17-10-18-7-11/h1-4,6-7,10,14-15,20H,5,8-9H2/t14-,15+/m1/s1. The fourth-order valence-corrected chi connectivity index (χ4v) is 2.73. The minimum absolute atomic E-state index is 0.103. The zero-order valence-electron chi connectivity index (χ0n) is 11.0. The molecule has 2 heterocycles. The van der Waals surface area contributed by atoms with Crippen LogP contribution in [-0.2, 0) is 6.54 Å². The summed E-state index contributed by atoms with van der Waals surface area (Å²) in [5.41, 5.74) is 2.04. The zero-order valence-corrected chi connectivity index (χ0v) is 11.0. The summed E-state index contributed by atoms with van der Waals surface area (Å²) in [6.07, 6.45) is 5.37. The average Bonchev–Trinajstić information content (AvgIpc) is 2.81. The number of halogens is 1. The topological polar surface area (TPSA) is 49.2 Å². The highest BCUT2D eigenvalue weighted by atomic mass is 19.1. The second-order valence-electron chi connectivity index (χ2n) is 5.13. The summed E-state index contributed by atoms with van der Waals surface area (Å²) in [4.78, 5) is 10.2. The molecule has 104 valence electrons. The molecule has 1 saturated heterocycles. The predicted molar refractivity (Wildman–Crippen MR) is 72.2 cm³/mol. The van der Waals surface area contributed by atoms with Gasteiger partial charge < -0.3 is 5.11 Å². The number of hydrogen-bond donors (Lipinski definition) is 1. The summed E-state index contributed by atoms with van der Waals surface area (Å²) < 4.78 is 13.0. The van der Waals surface area contributed by atoms with Crippen molar-refractivity contribution in [3.63, 3.8) is 0 Å². The van der Waals surface area contributed by atoms with E-state index in [4.69, 9.17) is 0 Å². The molecule has 0 bridgehead atoms. The van der Waals surface area contributed by atoms with Gasteiger partial charge in [-0.05, 0) is 24.1 Å². The number of rotatable bonds is 3. The Morgan fingerprint density at radius 1 is 1.20 bits per heavy atom. The molecule has 1 N–H and O–H groups in total. The van der Waals surface area contributed by atoms with Crippen molar-refractivity contribution < 1.29 is 9.50 Å². The molecular weight excluding hydrogens is 257 g/mol. The van der Waals surface area contributed by atoms with Crippen LogP contribution in [0.3, 0.4) is 0 Å². The molecule has 0 aliphatic carbocycles. The lowest BCUT2D eigenvalue weighted by atomic mass is 10.0. The molecule has 1 aromatic carbocycles. The van der Waals surface area contributed by atoms with Gasteiger partial charge in [0.15, 0.2) is 0 Å². The number of hydrogen-bond acceptors (Lipinski definition) is 4. The van der Waals surface area contributed by atoms with Gasteiger partial charge in [-0.2, -0.15) is 0 Å². The SMILES string of the molecule is O[C@@H]1C[C@@H](c2ccc(F)cc2)N(Cc2cncnc2)C1. The van der Waals surface area contributed by atoms with Crippen LogP contribution in [0.15, 0.2) is 43.0 Å². The molecule has 0 unspecified atom stereocenters. The molecular formula is C15H16FN3O. The molecule has 1 aliphatic heterocycles. The van der Waals surface area contributed by atoms with E-state index < -0.39 is 0 Å². The largest absolute Gasteiger partial charge is 0.392 e. The van der Waals surface area contributed by atoms with Crippen LogP contribution in [-0.4, -0.2) is 32.6 Å². The first-order chi connectivity index (χ1) is 9.72. The van der Waals surface area contributed by atoms with Gasteiger partial charge in [0.05, 0.1) is 6.10 Å². The normalized spacial score (nSPS) is 23.1. The molecule has 1 fully saturated rings. The number of nitrogens with zero attached hydrogens (tertiary/aromatic N) is 3. The maximum atomic E-state index is 13.0. The van der Waals surface area contributed by atoms with E-state index in [0.717, 1.165) is 11.1 Å². The molecule has 0 amide bonds. The molecule has 1 aromatic heterocycles. The molecule has 20 heavy (non-hydrogen) atoms. The number of likely N-dealkylation sites (tertiary alicyclic amines) is 1. The number of aromatic nitrogens is 2. The van der Waals surface area contributed by atoms with Crippen LogP contribution in [0.4, 0.5) is 4.39 Å². The van der Waals surface area contributed by atoms with Crippen molar-refractivity contribution >= 4 is 0 Å². The summed E-state index contributed by atoms with van der Waals surface area (Å²) in [6.45, 7) is 1.29. The van der Waals surface area contributed by atoms with Gasteiger partial charge in [-0.15, -0.1) is 0 Å². The first-order valence-electron chi connectivity index (χ1n) is 6.64. The quantitative estimate of drug-likeness (QED) is 0.928. The van der Waals surface area contributed by atoms with E-state index in [2.05, 4.69) is 14.9 Å². The van der Waals surface area contributed by atoms with Gasteiger partial charge in [0.2, 0.25) is 0 Å². The van der Waals surface area contributed by atoms with E-state index in [1.807, 2.05) is 0 Å². The number of aliphatic hydroxyl groups is 1. The first-order valence-corrected chi connectivity index (χ1v) is 6.64. The maximum Gasteiger partial charge on any atom is 0.123 e. The number of benzene rings is 1. The molecule has 1 aliphatic rings. The fourth-order valence-electron chi connectivity index (χ4n) is 2.73. The van der Waals surface area contributed by atoms with Gasteiger partial charge in [0.25, 0.3) is 0 Å². The van der Waals surface area contributed by atoms with Crippen molar-refractivity contribution in [3.8, 4) is 0 Å². The molecule has 3 rings (SSSR count). The summed E-state index contributed by atoms with van der Waals surface area (Å²) >= 11 is 0. The molecule has 2 aromatic rings. The molecule has 0 saturated carbocycles. The van der Waals surface area contributed by atoms with E-state index in [1.54, 1.807) is 24.5 Å². The van der Waals surface area contributed by atoms with Crippen molar-refractivity contribution in [1.29, 1.82) is 0 Å². The third-order valence-electron chi connectivity index (χ3n) is 3.64. The molecule has 0 spiro atoms. The van der Waals surface area contributed by atoms with Crippen LogP contribution in [0.2, 0.25) is 0 Å². The Hall–Kier alpha value is -1.85. The molecule has 5 heteroatoms.